The molecule has 0 bridgehead atoms. The molecular weight excluding hydrogens is 430 g/mol. The van der Waals surface area contributed by atoms with Crippen molar-refractivity contribution in [3.8, 4) is 0 Å². The van der Waals surface area contributed by atoms with Crippen molar-refractivity contribution in [2.24, 2.45) is 5.92 Å². The van der Waals surface area contributed by atoms with Crippen LogP contribution < -0.4 is 16.0 Å². The first kappa shape index (κ1) is 26.0. The van der Waals surface area contributed by atoms with Gasteiger partial charge in [-0.25, -0.2) is 14.4 Å². The number of carboxylic acid groups (broad SMARTS) is 1. The zero-order chi connectivity index (χ0) is 24.4. The second-order valence-electron chi connectivity index (χ2n) is 8.99. The van der Waals surface area contributed by atoms with Crippen molar-refractivity contribution >= 4 is 24.1 Å². The summed E-state index contributed by atoms with van der Waals surface area (Å²) in [5.74, 6) is -1.80. The van der Waals surface area contributed by atoms with Gasteiger partial charge < -0.3 is 30.5 Å². The molecule has 2 rings (SSSR count). The minimum atomic E-state index is -1.19. The molecule has 10 nitrogen and oxygen atoms in total. The Labute approximate surface area is 193 Å². The summed E-state index contributed by atoms with van der Waals surface area (Å²) in [5, 5.41) is 17.1. The van der Waals surface area contributed by atoms with Crippen LogP contribution in [0.25, 0.3) is 0 Å². The van der Waals surface area contributed by atoms with Gasteiger partial charge in [-0.2, -0.15) is 0 Å². The minimum Gasteiger partial charge on any atom is -0.480 e. The lowest BCUT2D eigenvalue weighted by Crippen LogP contribution is -2.53. The van der Waals surface area contributed by atoms with E-state index in [0.717, 1.165) is 18.4 Å². The van der Waals surface area contributed by atoms with Crippen LogP contribution in [0.3, 0.4) is 0 Å². The quantitative estimate of drug-likeness (QED) is 0.369. The molecule has 3 amide bonds. The van der Waals surface area contributed by atoms with Crippen molar-refractivity contribution in [2.75, 3.05) is 6.54 Å². The highest BCUT2D eigenvalue weighted by atomic mass is 16.6. The zero-order valence-corrected chi connectivity index (χ0v) is 19.3. The van der Waals surface area contributed by atoms with Crippen LogP contribution in [-0.4, -0.2) is 53.4 Å². The van der Waals surface area contributed by atoms with E-state index < -0.39 is 41.7 Å². The summed E-state index contributed by atoms with van der Waals surface area (Å²) in [6.07, 6.45) is 0.612. The normalized spacial score (nSPS) is 15.0. The van der Waals surface area contributed by atoms with Gasteiger partial charge in [0.1, 0.15) is 24.3 Å². The Kier molecular flexibility index (Phi) is 9.50. The molecule has 2 atom stereocenters. The van der Waals surface area contributed by atoms with E-state index in [9.17, 15) is 24.3 Å². The number of benzene rings is 1. The summed E-state index contributed by atoms with van der Waals surface area (Å²) < 4.78 is 10.3. The Morgan fingerprint density at radius 3 is 2.30 bits per heavy atom. The smallest absolute Gasteiger partial charge is 0.408 e. The molecule has 1 aromatic rings. The zero-order valence-electron chi connectivity index (χ0n) is 19.3. The van der Waals surface area contributed by atoms with E-state index in [1.165, 1.54) is 0 Å². The molecule has 0 aromatic heterocycles. The molecule has 1 saturated carbocycles. The van der Waals surface area contributed by atoms with Crippen molar-refractivity contribution in [1.29, 1.82) is 0 Å². The van der Waals surface area contributed by atoms with Crippen LogP contribution >= 0.6 is 0 Å². The monoisotopic (exact) mass is 463 g/mol. The Hall–Kier alpha value is -3.30. The third kappa shape index (κ3) is 10.2. The van der Waals surface area contributed by atoms with E-state index in [4.69, 9.17) is 9.47 Å². The first-order valence-corrected chi connectivity index (χ1v) is 11.0. The lowest BCUT2D eigenvalue weighted by atomic mass is 10.1. The molecule has 1 aromatic carbocycles. The van der Waals surface area contributed by atoms with Crippen LogP contribution in [-0.2, 0) is 25.7 Å². The third-order valence-electron chi connectivity index (χ3n) is 4.81. The fraction of sp³-hybridized carbons (Fsp3) is 0.565. The number of amides is 3. The lowest BCUT2D eigenvalue weighted by Gasteiger charge is -2.24. The first-order chi connectivity index (χ1) is 15.5. The molecule has 0 saturated heterocycles. The summed E-state index contributed by atoms with van der Waals surface area (Å²) >= 11 is 0. The van der Waals surface area contributed by atoms with Gasteiger partial charge >= 0.3 is 18.2 Å². The number of ether oxygens (including phenoxy) is 2. The van der Waals surface area contributed by atoms with E-state index in [1.807, 2.05) is 30.3 Å². The maximum absolute atomic E-state index is 12.7. The molecule has 1 aliphatic rings. The third-order valence-corrected chi connectivity index (χ3v) is 4.81. The van der Waals surface area contributed by atoms with Gasteiger partial charge in [0.25, 0.3) is 0 Å². The minimum absolute atomic E-state index is 0.0481. The summed E-state index contributed by atoms with van der Waals surface area (Å²) in [6, 6.07) is 7.21. The van der Waals surface area contributed by atoms with Crippen LogP contribution in [0.1, 0.15) is 52.0 Å². The van der Waals surface area contributed by atoms with Gasteiger partial charge in [0.2, 0.25) is 5.91 Å². The Morgan fingerprint density at radius 1 is 1.06 bits per heavy atom. The molecule has 2 unspecified atom stereocenters. The molecule has 1 fully saturated rings. The van der Waals surface area contributed by atoms with E-state index in [2.05, 4.69) is 16.0 Å². The highest BCUT2D eigenvalue weighted by Gasteiger charge is 2.39. The summed E-state index contributed by atoms with van der Waals surface area (Å²) in [4.78, 5) is 48.1. The SMILES string of the molecule is CC(C)(C)OC(=O)NC(C(=O)NC(CCCNC(=O)OCc1ccccc1)C(=O)O)C1CC1. The molecular formula is C23H33N3O7. The molecule has 0 radical (unpaired) electrons. The Bertz CT molecular complexity index is 819. The van der Waals surface area contributed by atoms with Gasteiger partial charge in [0.05, 0.1) is 0 Å². The second-order valence-corrected chi connectivity index (χ2v) is 8.99. The van der Waals surface area contributed by atoms with E-state index in [1.54, 1.807) is 20.8 Å². The average Bonchev–Trinajstić information content (AvgIpc) is 3.57. The van der Waals surface area contributed by atoms with Gasteiger partial charge in [0, 0.05) is 6.54 Å². The number of hydrogen-bond donors (Lipinski definition) is 4. The van der Waals surface area contributed by atoms with Gasteiger partial charge in [-0.1, -0.05) is 30.3 Å². The fourth-order valence-electron chi connectivity index (χ4n) is 3.05. The number of nitrogens with one attached hydrogen (secondary N) is 3. The summed E-state index contributed by atoms with van der Waals surface area (Å²) in [5.41, 5.74) is 0.138. The summed E-state index contributed by atoms with van der Waals surface area (Å²) in [7, 11) is 0. The number of carbonyl (C=O) groups is 4. The standard InChI is InChI=1S/C23H33N3O7/c1-23(2,3)33-22(31)26-18(16-11-12-16)19(27)25-17(20(28)29)10-7-13-24-21(30)32-14-15-8-5-4-6-9-15/h4-6,8-9,16-18H,7,10-14H2,1-3H3,(H,24,30)(H,25,27)(H,26,31)(H,28,29). The molecule has 1 aliphatic carbocycles. The van der Waals surface area contributed by atoms with E-state index >= 15 is 0 Å². The molecule has 0 spiro atoms. The van der Waals surface area contributed by atoms with Gasteiger partial charge in [-0.05, 0) is 57.9 Å². The maximum Gasteiger partial charge on any atom is 0.408 e. The number of alkyl carbamates (subject to hydrolysis) is 2. The van der Waals surface area contributed by atoms with Gasteiger partial charge in [-0.3, -0.25) is 4.79 Å². The largest absolute Gasteiger partial charge is 0.480 e. The molecule has 0 heterocycles. The Balaban J connectivity index is 1.75. The highest BCUT2D eigenvalue weighted by Crippen LogP contribution is 2.33. The van der Waals surface area contributed by atoms with E-state index in [0.29, 0.717) is 6.42 Å². The second kappa shape index (κ2) is 12.1. The molecule has 0 aliphatic heterocycles. The number of hydrogen-bond acceptors (Lipinski definition) is 6. The van der Waals surface area contributed by atoms with Crippen LogP contribution in [0, 0.1) is 5.92 Å². The van der Waals surface area contributed by atoms with Crippen LogP contribution in [0.4, 0.5) is 9.59 Å². The highest BCUT2D eigenvalue weighted by molar-refractivity contribution is 5.89. The number of carbonyl (C=O) groups excluding carboxylic acids is 3. The van der Waals surface area contributed by atoms with Gasteiger partial charge in [0.15, 0.2) is 0 Å². The summed E-state index contributed by atoms with van der Waals surface area (Å²) in [6.45, 7) is 5.46. The van der Waals surface area contributed by atoms with Crippen molar-refractivity contribution in [3.63, 3.8) is 0 Å². The van der Waals surface area contributed by atoms with Crippen LogP contribution in [0.5, 0.6) is 0 Å². The maximum atomic E-state index is 12.7. The Morgan fingerprint density at radius 2 is 1.73 bits per heavy atom. The number of carboxylic acids is 1. The fourth-order valence-corrected chi connectivity index (χ4v) is 3.05. The molecule has 182 valence electrons. The van der Waals surface area contributed by atoms with Crippen molar-refractivity contribution in [2.45, 2.75) is 70.7 Å². The van der Waals surface area contributed by atoms with Crippen molar-refractivity contribution in [1.82, 2.24) is 16.0 Å². The number of rotatable bonds is 11. The molecule has 10 heteroatoms. The molecule has 4 N–H and O–H groups in total. The van der Waals surface area contributed by atoms with E-state index in [-0.39, 0.29) is 25.5 Å². The topological polar surface area (TPSA) is 143 Å². The molecule has 33 heavy (non-hydrogen) atoms. The van der Waals surface area contributed by atoms with Crippen LogP contribution in [0.2, 0.25) is 0 Å². The number of aliphatic carboxylic acids is 1. The van der Waals surface area contributed by atoms with Gasteiger partial charge in [-0.15, -0.1) is 0 Å². The predicted octanol–water partition coefficient (Wildman–Crippen LogP) is 2.57. The average molecular weight is 464 g/mol. The van der Waals surface area contributed by atoms with Crippen molar-refractivity contribution in [3.05, 3.63) is 35.9 Å². The van der Waals surface area contributed by atoms with Crippen LogP contribution in [0.15, 0.2) is 30.3 Å². The first-order valence-electron chi connectivity index (χ1n) is 11.0. The van der Waals surface area contributed by atoms with Crippen molar-refractivity contribution < 1.29 is 33.8 Å². The lowest BCUT2D eigenvalue weighted by molar-refractivity contribution is -0.142. The predicted molar refractivity (Wildman–Crippen MR) is 119 cm³/mol.